The molecule has 0 aliphatic carbocycles. The summed E-state index contributed by atoms with van der Waals surface area (Å²) in [5.41, 5.74) is 5.11. The van der Waals surface area contributed by atoms with Gasteiger partial charge in [-0.2, -0.15) is 13.2 Å². The molecule has 0 radical (unpaired) electrons. The van der Waals surface area contributed by atoms with Crippen molar-refractivity contribution in [2.75, 3.05) is 13.2 Å². The first-order valence-corrected chi connectivity index (χ1v) is 5.65. The van der Waals surface area contributed by atoms with Gasteiger partial charge in [-0.15, -0.1) is 0 Å². The molecule has 19 heavy (non-hydrogen) atoms. The van der Waals surface area contributed by atoms with Gasteiger partial charge in [-0.1, -0.05) is 23.4 Å². The average Bonchev–Trinajstić information content (AvgIpc) is 2.37. The first kappa shape index (κ1) is 15.3. The molecule has 0 aromatic heterocycles. The fourth-order valence-electron chi connectivity index (χ4n) is 1.40. The van der Waals surface area contributed by atoms with Crippen LogP contribution in [-0.4, -0.2) is 24.2 Å². The Balaban J connectivity index is 2.42. The van der Waals surface area contributed by atoms with Crippen molar-refractivity contribution in [2.24, 2.45) is 10.9 Å². The molecule has 0 saturated heterocycles. The Morgan fingerprint density at radius 3 is 2.74 bits per heavy atom. The fourth-order valence-corrected chi connectivity index (χ4v) is 1.40. The molecule has 0 amide bonds. The number of hydrogen-bond acceptors (Lipinski definition) is 3. The molecular formula is C12H15F3N2O2. The van der Waals surface area contributed by atoms with Gasteiger partial charge >= 0.3 is 6.18 Å². The number of nitrogens with zero attached hydrogens (tertiary/aromatic N) is 1. The molecule has 0 aliphatic heterocycles. The largest absolute Gasteiger partial charge is 0.416 e. The molecule has 106 valence electrons. The molecule has 0 heterocycles. The van der Waals surface area contributed by atoms with Gasteiger partial charge in [0.25, 0.3) is 0 Å². The summed E-state index contributed by atoms with van der Waals surface area (Å²) in [5.74, 6) is -0.0425. The molecule has 7 heteroatoms. The van der Waals surface area contributed by atoms with Crippen molar-refractivity contribution in [3.05, 3.63) is 35.4 Å². The smallest absolute Gasteiger partial charge is 0.394 e. The zero-order chi connectivity index (χ0) is 14.3. The number of rotatable bonds is 6. The van der Waals surface area contributed by atoms with Crippen molar-refractivity contribution in [2.45, 2.75) is 19.0 Å². The van der Waals surface area contributed by atoms with Gasteiger partial charge < -0.3 is 15.7 Å². The lowest BCUT2D eigenvalue weighted by Gasteiger charge is -2.08. The fraction of sp³-hybridized carbons (Fsp3) is 0.417. The minimum Gasteiger partial charge on any atom is -0.394 e. The monoisotopic (exact) mass is 276 g/mol. The summed E-state index contributed by atoms with van der Waals surface area (Å²) >= 11 is 0. The summed E-state index contributed by atoms with van der Waals surface area (Å²) in [6.45, 7) is -0.176. The van der Waals surface area contributed by atoms with E-state index in [2.05, 4.69) is 5.16 Å². The van der Waals surface area contributed by atoms with Gasteiger partial charge in [0.05, 0.1) is 5.56 Å². The van der Waals surface area contributed by atoms with Crippen molar-refractivity contribution in [3.63, 3.8) is 0 Å². The second-order valence-corrected chi connectivity index (χ2v) is 3.88. The quantitative estimate of drug-likeness (QED) is 0.361. The molecular weight excluding hydrogens is 261 g/mol. The molecule has 4 nitrogen and oxygen atoms in total. The summed E-state index contributed by atoms with van der Waals surface area (Å²) < 4.78 is 37.4. The summed E-state index contributed by atoms with van der Waals surface area (Å²) in [5, 5.41) is 11.9. The normalized spacial score (nSPS) is 12.5. The molecule has 0 fully saturated rings. The maximum Gasteiger partial charge on any atom is 0.416 e. The molecule has 1 rings (SSSR count). The first-order valence-electron chi connectivity index (χ1n) is 5.65. The number of amidine groups is 1. The van der Waals surface area contributed by atoms with Crippen LogP contribution in [-0.2, 0) is 17.4 Å². The van der Waals surface area contributed by atoms with E-state index in [0.29, 0.717) is 18.4 Å². The molecule has 0 bridgehead atoms. The predicted molar refractivity (Wildman–Crippen MR) is 64.4 cm³/mol. The lowest BCUT2D eigenvalue weighted by atomic mass is 10.1. The van der Waals surface area contributed by atoms with E-state index in [9.17, 15) is 13.2 Å². The van der Waals surface area contributed by atoms with Gasteiger partial charge in [-0.3, -0.25) is 0 Å². The van der Waals surface area contributed by atoms with Crippen molar-refractivity contribution in [1.82, 2.24) is 0 Å². The number of benzene rings is 1. The van der Waals surface area contributed by atoms with Gasteiger partial charge in [-0.05, 0) is 24.5 Å². The Bertz CT molecular complexity index is 433. The number of oxime groups is 1. The number of aryl methyl sites for hydroxylation is 1. The Morgan fingerprint density at radius 2 is 2.11 bits per heavy atom. The van der Waals surface area contributed by atoms with Crippen molar-refractivity contribution >= 4 is 5.84 Å². The van der Waals surface area contributed by atoms with Gasteiger partial charge in [0.15, 0.2) is 5.84 Å². The summed E-state index contributed by atoms with van der Waals surface area (Å²) in [4.78, 5) is 4.79. The second-order valence-electron chi connectivity index (χ2n) is 3.88. The molecule has 0 saturated carbocycles. The minimum absolute atomic E-state index is 0.0425. The number of alkyl halides is 3. The number of nitrogens with two attached hydrogens (primary N) is 1. The Kier molecular flexibility index (Phi) is 5.62. The van der Waals surface area contributed by atoms with Gasteiger partial charge in [0.2, 0.25) is 0 Å². The van der Waals surface area contributed by atoms with Crippen LogP contribution in [0.1, 0.15) is 17.5 Å². The van der Waals surface area contributed by atoms with E-state index < -0.39 is 18.3 Å². The Hall–Kier alpha value is -1.76. The molecule has 0 unspecified atom stereocenters. The van der Waals surface area contributed by atoms with Crippen LogP contribution in [0.4, 0.5) is 13.2 Å². The maximum absolute atomic E-state index is 12.5. The highest BCUT2D eigenvalue weighted by atomic mass is 19.4. The van der Waals surface area contributed by atoms with Crippen molar-refractivity contribution in [1.29, 1.82) is 0 Å². The predicted octanol–water partition coefficient (Wildman–Crippen LogP) is 1.92. The highest BCUT2D eigenvalue weighted by Crippen LogP contribution is 2.29. The zero-order valence-electron chi connectivity index (χ0n) is 10.2. The third kappa shape index (κ3) is 5.60. The van der Waals surface area contributed by atoms with Crippen LogP contribution < -0.4 is 5.73 Å². The average molecular weight is 276 g/mol. The van der Waals surface area contributed by atoms with Crippen LogP contribution in [0.3, 0.4) is 0 Å². The third-order valence-electron chi connectivity index (χ3n) is 2.30. The Labute approximate surface area is 108 Å². The first-order chi connectivity index (χ1) is 8.93. The van der Waals surface area contributed by atoms with Crippen LogP contribution >= 0.6 is 0 Å². The lowest BCUT2D eigenvalue weighted by molar-refractivity contribution is -0.137. The lowest BCUT2D eigenvalue weighted by Crippen LogP contribution is -2.16. The second kappa shape index (κ2) is 6.98. The van der Waals surface area contributed by atoms with E-state index in [1.54, 1.807) is 6.07 Å². The number of aliphatic hydroxyl groups is 1. The molecule has 0 aliphatic rings. The van der Waals surface area contributed by atoms with Crippen LogP contribution in [0.15, 0.2) is 29.4 Å². The zero-order valence-corrected chi connectivity index (χ0v) is 10.2. The highest BCUT2D eigenvalue weighted by Gasteiger charge is 2.30. The summed E-state index contributed by atoms with van der Waals surface area (Å²) in [7, 11) is 0. The van der Waals surface area contributed by atoms with Gasteiger partial charge in [0.1, 0.15) is 13.2 Å². The van der Waals surface area contributed by atoms with E-state index in [1.807, 2.05) is 0 Å². The van der Waals surface area contributed by atoms with Gasteiger partial charge in [0, 0.05) is 0 Å². The topological polar surface area (TPSA) is 67.8 Å². The molecule has 1 aromatic rings. The molecule has 0 spiro atoms. The standard InChI is InChI=1S/C12H15F3N2O2/c13-12(14,15)10-5-1-3-9(7-10)4-2-6-19-17-11(16)8-18/h1,3,5,7,18H,2,4,6,8H2,(H2,16,17). The molecule has 1 aromatic carbocycles. The van der Waals surface area contributed by atoms with E-state index in [0.717, 1.165) is 12.1 Å². The number of halogens is 3. The maximum atomic E-state index is 12.5. The van der Waals surface area contributed by atoms with Gasteiger partial charge in [-0.25, -0.2) is 0 Å². The molecule has 0 atom stereocenters. The van der Waals surface area contributed by atoms with Crippen LogP contribution in [0.25, 0.3) is 0 Å². The van der Waals surface area contributed by atoms with E-state index in [1.165, 1.54) is 6.07 Å². The summed E-state index contributed by atoms with van der Waals surface area (Å²) in [6, 6.07) is 5.15. The SMILES string of the molecule is N/C(CO)=N\OCCCc1cccc(C(F)(F)F)c1. The van der Waals surface area contributed by atoms with E-state index in [-0.39, 0.29) is 12.4 Å². The van der Waals surface area contributed by atoms with Crippen molar-refractivity contribution in [3.8, 4) is 0 Å². The number of hydrogen-bond donors (Lipinski definition) is 2. The summed E-state index contributed by atoms with van der Waals surface area (Å²) in [6.07, 6.45) is -3.38. The van der Waals surface area contributed by atoms with E-state index >= 15 is 0 Å². The van der Waals surface area contributed by atoms with E-state index in [4.69, 9.17) is 15.7 Å². The van der Waals surface area contributed by atoms with Crippen LogP contribution in [0, 0.1) is 0 Å². The highest BCUT2D eigenvalue weighted by molar-refractivity contribution is 5.80. The molecule has 3 N–H and O–H groups in total. The van der Waals surface area contributed by atoms with Crippen LogP contribution in [0.2, 0.25) is 0 Å². The minimum atomic E-state index is -4.33. The Morgan fingerprint density at radius 1 is 1.37 bits per heavy atom. The number of aliphatic hydroxyl groups excluding tert-OH is 1. The van der Waals surface area contributed by atoms with Crippen molar-refractivity contribution < 1.29 is 23.1 Å². The third-order valence-corrected chi connectivity index (χ3v) is 2.30. The van der Waals surface area contributed by atoms with Crippen LogP contribution in [0.5, 0.6) is 0 Å².